The Balaban J connectivity index is 1.74. The first-order valence-corrected chi connectivity index (χ1v) is 10.1. The third kappa shape index (κ3) is 4.33. The number of hydrogen-bond acceptors (Lipinski definition) is 6. The van der Waals surface area contributed by atoms with Crippen LogP contribution in [0.5, 0.6) is 0 Å². The second-order valence-electron chi connectivity index (χ2n) is 7.80. The fourth-order valence-corrected chi connectivity index (χ4v) is 3.49. The van der Waals surface area contributed by atoms with Gasteiger partial charge in [-0.15, -0.1) is 0 Å². The van der Waals surface area contributed by atoms with E-state index in [1.54, 1.807) is 44.7 Å². The Morgan fingerprint density at radius 3 is 2.45 bits per heavy atom. The van der Waals surface area contributed by atoms with Gasteiger partial charge in [0.05, 0.1) is 28.0 Å². The minimum atomic E-state index is -1.12. The monoisotopic (exact) mass is 437 g/mol. The van der Waals surface area contributed by atoms with Gasteiger partial charge in [-0.1, -0.05) is 17.7 Å². The lowest BCUT2D eigenvalue weighted by atomic mass is 10.0. The van der Waals surface area contributed by atoms with E-state index in [1.807, 2.05) is 25.1 Å². The summed E-state index contributed by atoms with van der Waals surface area (Å²) in [6, 6.07) is 8.24. The van der Waals surface area contributed by atoms with E-state index < -0.39 is 11.6 Å². The van der Waals surface area contributed by atoms with Crippen molar-refractivity contribution >= 4 is 28.2 Å². The van der Waals surface area contributed by atoms with Crippen molar-refractivity contribution in [3.05, 3.63) is 77.5 Å². The van der Waals surface area contributed by atoms with Crippen LogP contribution in [-0.4, -0.2) is 25.0 Å². The molecule has 0 spiro atoms. The molecule has 4 rings (SSSR count). The van der Waals surface area contributed by atoms with Gasteiger partial charge in [-0.25, -0.2) is 14.4 Å². The summed E-state index contributed by atoms with van der Waals surface area (Å²) in [6.07, 6.45) is 6.45. The summed E-state index contributed by atoms with van der Waals surface area (Å²) in [6.45, 7) is 5.09. The van der Waals surface area contributed by atoms with Gasteiger partial charge in [-0.05, 0) is 50.6 Å². The zero-order chi connectivity index (χ0) is 22.2. The van der Waals surface area contributed by atoms with Crippen LogP contribution in [0.3, 0.4) is 0 Å². The van der Waals surface area contributed by atoms with Gasteiger partial charge in [0.2, 0.25) is 0 Å². The lowest BCUT2D eigenvalue weighted by molar-refractivity contribution is 0.0687. The normalized spacial score (nSPS) is 12.7. The zero-order valence-corrected chi connectivity index (χ0v) is 18.0. The number of hydrogen-bond donors (Lipinski definition) is 2. The predicted octanol–water partition coefficient (Wildman–Crippen LogP) is 5.28. The second-order valence-corrected chi connectivity index (χ2v) is 8.21. The molecular weight excluding hydrogens is 417 g/mol. The van der Waals surface area contributed by atoms with E-state index in [2.05, 4.69) is 25.3 Å². The average molecular weight is 438 g/mol. The molecule has 158 valence electrons. The Hall–Kier alpha value is -3.16. The molecule has 1 aromatic carbocycles. The van der Waals surface area contributed by atoms with Crippen LogP contribution in [0.4, 0.5) is 10.1 Å². The van der Waals surface area contributed by atoms with Crippen molar-refractivity contribution < 1.29 is 9.50 Å². The number of nitrogens with one attached hydrogen (secondary N) is 1. The highest BCUT2D eigenvalue weighted by atomic mass is 35.5. The molecule has 3 aromatic heterocycles. The quantitative estimate of drug-likeness (QED) is 0.442. The topological polar surface area (TPSA) is 83.8 Å². The maximum atomic E-state index is 14.2. The number of halogens is 2. The summed E-state index contributed by atoms with van der Waals surface area (Å²) < 4.78 is 14.2. The Kier molecular flexibility index (Phi) is 5.56. The molecule has 0 aliphatic rings. The smallest absolute Gasteiger partial charge is 0.159 e. The molecule has 0 amide bonds. The fourth-order valence-electron chi connectivity index (χ4n) is 3.29. The molecule has 0 aliphatic heterocycles. The molecule has 1 atom stereocenters. The van der Waals surface area contributed by atoms with Gasteiger partial charge < -0.3 is 10.4 Å². The van der Waals surface area contributed by atoms with Gasteiger partial charge in [-0.3, -0.25) is 9.97 Å². The summed E-state index contributed by atoms with van der Waals surface area (Å²) >= 11 is 6.45. The van der Waals surface area contributed by atoms with Crippen LogP contribution in [-0.2, 0) is 5.60 Å². The Labute approximate surface area is 184 Å². The first-order chi connectivity index (χ1) is 14.7. The third-order valence-electron chi connectivity index (χ3n) is 4.91. The van der Waals surface area contributed by atoms with Crippen LogP contribution < -0.4 is 5.32 Å². The number of rotatable bonds is 5. The van der Waals surface area contributed by atoms with E-state index in [4.69, 9.17) is 11.6 Å². The Bertz CT molecular complexity index is 1240. The number of anilines is 1. The molecule has 0 bridgehead atoms. The number of pyridine rings is 2. The molecule has 0 radical (unpaired) electrons. The second kappa shape index (κ2) is 8.17. The first-order valence-electron chi connectivity index (χ1n) is 9.74. The molecule has 0 saturated heterocycles. The van der Waals surface area contributed by atoms with Gasteiger partial charge in [-0.2, -0.15) is 0 Å². The molecule has 3 heterocycles. The maximum Gasteiger partial charge on any atom is 0.159 e. The van der Waals surface area contributed by atoms with Crippen LogP contribution in [0.15, 0.2) is 55.1 Å². The molecule has 6 nitrogen and oxygen atoms in total. The maximum absolute atomic E-state index is 14.2. The van der Waals surface area contributed by atoms with Crippen molar-refractivity contribution in [2.45, 2.75) is 32.4 Å². The highest BCUT2D eigenvalue weighted by Gasteiger charge is 2.20. The van der Waals surface area contributed by atoms with Crippen molar-refractivity contribution in [1.82, 2.24) is 19.9 Å². The van der Waals surface area contributed by atoms with E-state index in [9.17, 15) is 9.50 Å². The SMILES string of the molecule is CC(Nc1c(Cl)cnc2ccc(-c3cnc(C(C)(C)O)nc3)cc12)c1ncccc1F. The van der Waals surface area contributed by atoms with E-state index in [0.717, 1.165) is 22.0 Å². The Morgan fingerprint density at radius 2 is 1.77 bits per heavy atom. The van der Waals surface area contributed by atoms with Gasteiger partial charge in [0.1, 0.15) is 11.4 Å². The summed E-state index contributed by atoms with van der Waals surface area (Å²) in [7, 11) is 0. The van der Waals surface area contributed by atoms with E-state index in [-0.39, 0.29) is 5.82 Å². The van der Waals surface area contributed by atoms with Crippen LogP contribution in [0.25, 0.3) is 22.0 Å². The molecule has 31 heavy (non-hydrogen) atoms. The lowest BCUT2D eigenvalue weighted by Gasteiger charge is -2.18. The summed E-state index contributed by atoms with van der Waals surface area (Å²) in [5.74, 6) is -0.0444. The lowest BCUT2D eigenvalue weighted by Crippen LogP contribution is -2.19. The number of nitrogens with zero attached hydrogens (tertiary/aromatic N) is 4. The van der Waals surface area contributed by atoms with Crippen molar-refractivity contribution in [2.24, 2.45) is 0 Å². The molecule has 0 fully saturated rings. The third-order valence-corrected chi connectivity index (χ3v) is 5.20. The summed E-state index contributed by atoms with van der Waals surface area (Å²) in [4.78, 5) is 17.1. The van der Waals surface area contributed by atoms with Crippen LogP contribution in [0, 0.1) is 5.82 Å². The van der Waals surface area contributed by atoms with E-state index in [0.29, 0.717) is 22.2 Å². The number of fused-ring (bicyclic) bond motifs is 1. The van der Waals surface area contributed by atoms with Gasteiger partial charge in [0, 0.05) is 35.7 Å². The van der Waals surface area contributed by atoms with Gasteiger partial charge >= 0.3 is 0 Å². The van der Waals surface area contributed by atoms with Crippen molar-refractivity contribution in [2.75, 3.05) is 5.32 Å². The average Bonchev–Trinajstić information content (AvgIpc) is 2.75. The fraction of sp³-hybridized carbons (Fsp3) is 0.217. The Morgan fingerprint density at radius 1 is 1.03 bits per heavy atom. The molecule has 0 saturated carbocycles. The highest BCUT2D eigenvalue weighted by Crippen LogP contribution is 2.35. The minimum absolute atomic E-state index is 0.301. The van der Waals surface area contributed by atoms with Gasteiger partial charge in [0.25, 0.3) is 0 Å². The molecular formula is C23H21ClFN5O. The minimum Gasteiger partial charge on any atom is -0.382 e. The number of benzene rings is 1. The number of aliphatic hydroxyl groups is 1. The molecule has 0 aliphatic carbocycles. The summed E-state index contributed by atoms with van der Waals surface area (Å²) in [5.41, 5.74) is 2.20. The number of aromatic nitrogens is 4. The molecule has 4 aromatic rings. The standard InChI is InChI=1S/C23H21ClFN5O/c1-13(20-18(25)5-4-8-26-20)30-21-16-9-14(6-7-19(16)27-12-17(21)24)15-10-28-22(29-11-15)23(2,3)31/h4-13,31H,1-3H3,(H,27,30). The predicted molar refractivity (Wildman–Crippen MR) is 119 cm³/mol. The van der Waals surface area contributed by atoms with Crippen molar-refractivity contribution in [1.29, 1.82) is 0 Å². The van der Waals surface area contributed by atoms with E-state index >= 15 is 0 Å². The van der Waals surface area contributed by atoms with Crippen molar-refractivity contribution in [3.63, 3.8) is 0 Å². The van der Waals surface area contributed by atoms with Gasteiger partial charge in [0.15, 0.2) is 5.82 Å². The highest BCUT2D eigenvalue weighted by molar-refractivity contribution is 6.34. The van der Waals surface area contributed by atoms with Crippen LogP contribution >= 0.6 is 11.6 Å². The largest absolute Gasteiger partial charge is 0.382 e. The zero-order valence-electron chi connectivity index (χ0n) is 17.3. The van der Waals surface area contributed by atoms with Crippen LogP contribution in [0.2, 0.25) is 5.02 Å². The van der Waals surface area contributed by atoms with Crippen LogP contribution in [0.1, 0.15) is 38.3 Å². The molecule has 1 unspecified atom stereocenters. The molecule has 8 heteroatoms. The summed E-state index contributed by atoms with van der Waals surface area (Å²) in [5, 5.41) is 14.5. The molecule has 2 N–H and O–H groups in total. The van der Waals surface area contributed by atoms with Crippen molar-refractivity contribution in [3.8, 4) is 11.1 Å². The first kappa shape index (κ1) is 21.1. The van der Waals surface area contributed by atoms with E-state index in [1.165, 1.54) is 6.07 Å².